The molecule has 0 aliphatic heterocycles. The second-order valence-electron chi connectivity index (χ2n) is 0. The van der Waals surface area contributed by atoms with Crippen molar-refractivity contribution in [2.75, 3.05) is 0 Å². The van der Waals surface area contributed by atoms with Crippen LogP contribution in [0.15, 0.2) is 0 Å². The van der Waals surface area contributed by atoms with E-state index in [4.69, 9.17) is 3.90 Å². The van der Waals surface area contributed by atoms with E-state index in [9.17, 15) is 0 Å². The molecule has 0 heterocycles. The van der Waals surface area contributed by atoms with E-state index in [0.29, 0.717) is 0 Å². The van der Waals surface area contributed by atoms with Crippen LogP contribution in [-0.2, 0) is 19.3 Å². The molecule has 0 unspecified atom stereocenters. The Morgan fingerprint density at radius 3 is 1.25 bits per heavy atom. The molecule has 4 heteroatoms. The molecule has 0 radical (unpaired) electrons. The summed E-state index contributed by atoms with van der Waals surface area (Å²) in [5, 5.41) is 0. The Morgan fingerprint density at radius 1 is 1.25 bits per heavy atom. The Morgan fingerprint density at radius 2 is 1.25 bits per heavy atom. The summed E-state index contributed by atoms with van der Waals surface area (Å²) in [6.07, 6.45) is 0. The summed E-state index contributed by atoms with van der Waals surface area (Å²) in [5.74, 6) is 0. The zero-order valence-corrected chi connectivity index (χ0v) is 1.71. The Labute approximate surface area is 63.4 Å². The maximum atomic E-state index is 7.88. The molecule has 0 N–H and O–H groups in total. The average Bonchev–Trinajstić information content (AvgIpc) is 1.00. The summed E-state index contributed by atoms with van der Waals surface area (Å²) in [6, 6.07) is 0. The van der Waals surface area contributed by atoms with Crippen LogP contribution in [-0.4, -0.2) is 44.7 Å². The Balaban J connectivity index is -0.00000000500. The normalized spacial score (nSPS) is 1.50. The van der Waals surface area contributed by atoms with Crippen molar-refractivity contribution < 1.29 is 19.3 Å². The van der Waals surface area contributed by atoms with Crippen LogP contribution in [0.5, 0.6) is 0 Å². The van der Waals surface area contributed by atoms with Crippen LogP contribution >= 0.6 is 0 Å². The predicted molar refractivity (Wildman–Crippen MR) is 17.8 cm³/mol. The minimum atomic E-state index is 0. The van der Waals surface area contributed by atoms with Gasteiger partial charge in [-0.3, -0.25) is 0 Å². The second kappa shape index (κ2) is 21.7. The fourth-order valence-corrected chi connectivity index (χ4v) is 0. The van der Waals surface area contributed by atoms with Crippen molar-refractivity contribution in [3.8, 4) is 0 Å². The summed E-state index contributed by atoms with van der Waals surface area (Å²) >= 11 is 2.62. The summed E-state index contributed by atoms with van der Waals surface area (Å²) in [5.41, 5.74) is 0. The molecule has 0 saturated carbocycles. The topological polar surface area (TPSA) is 17.1 Å². The summed E-state index contributed by atoms with van der Waals surface area (Å²) in [7, 11) is 0. The van der Waals surface area contributed by atoms with Gasteiger partial charge in [0.25, 0.3) is 0 Å². The van der Waals surface area contributed by atoms with E-state index < -0.39 is 0 Å². The molecule has 0 amide bonds. The molecule has 1 nitrogen and oxygen atoms in total. The van der Waals surface area contributed by atoms with Gasteiger partial charge in [0.05, 0.1) is 0 Å². The molecule has 0 saturated heterocycles. The third-order valence-electron chi connectivity index (χ3n) is 0. The van der Waals surface area contributed by atoms with Gasteiger partial charge in [-0.05, 0) is 0 Å². The van der Waals surface area contributed by atoms with Crippen LogP contribution in [0.1, 0.15) is 0 Å². The number of hydrogen-bond acceptors (Lipinski definition) is 1. The van der Waals surface area contributed by atoms with Crippen molar-refractivity contribution in [3.63, 3.8) is 0 Å². The quantitative estimate of drug-likeness (QED) is 0.415. The molecular formula is H4InLiNiO. The summed E-state index contributed by atoms with van der Waals surface area (Å²) in [4.78, 5) is 0. The molecule has 0 aliphatic rings. The Hall–Kier alpha value is 1.76. The Bertz CT molecular complexity index is 8.00. The first-order valence-corrected chi connectivity index (χ1v) is 0.532. The van der Waals surface area contributed by atoms with Gasteiger partial charge < -0.3 is 0 Å². The molecule has 0 aromatic carbocycles. The second-order valence-corrected chi connectivity index (χ2v) is 0. The monoisotopic (exact) mass is 200 g/mol. The molecule has 0 spiro atoms. The van der Waals surface area contributed by atoms with E-state index in [1.54, 1.807) is 0 Å². The van der Waals surface area contributed by atoms with Crippen LogP contribution in [0.4, 0.5) is 0 Å². The third-order valence-corrected chi connectivity index (χ3v) is 0. The van der Waals surface area contributed by atoms with Crippen LogP contribution < -0.4 is 0 Å². The van der Waals surface area contributed by atoms with E-state index in [1.165, 1.54) is 0 Å². The van der Waals surface area contributed by atoms with E-state index in [2.05, 4.69) is 15.4 Å². The zero-order chi connectivity index (χ0) is 2.00. The van der Waals surface area contributed by atoms with Gasteiger partial charge in [-0.15, -0.1) is 0 Å². The summed E-state index contributed by atoms with van der Waals surface area (Å²) < 4.78 is 7.88. The standard InChI is InChI=1S/In.Li.Ni.O.4H. The van der Waals surface area contributed by atoms with Crippen molar-refractivity contribution >= 4 is 44.7 Å². The van der Waals surface area contributed by atoms with Gasteiger partial charge in [-0.25, -0.2) is 0 Å². The SMILES string of the molecule is [InH3].[LiH].[O]=[Ni]. The number of rotatable bonds is 0. The van der Waals surface area contributed by atoms with Crippen molar-refractivity contribution in [1.82, 2.24) is 0 Å². The van der Waals surface area contributed by atoms with Crippen molar-refractivity contribution in [3.05, 3.63) is 0 Å². The number of hydrogen-bond donors (Lipinski definition) is 0. The van der Waals surface area contributed by atoms with E-state index >= 15 is 0 Å². The molecule has 24 valence electrons. The van der Waals surface area contributed by atoms with Crippen LogP contribution in [0, 0.1) is 0 Å². The molecule has 0 aliphatic carbocycles. The van der Waals surface area contributed by atoms with Gasteiger partial charge in [0.1, 0.15) is 0 Å². The van der Waals surface area contributed by atoms with E-state index in [-0.39, 0.29) is 44.7 Å². The van der Waals surface area contributed by atoms with Gasteiger partial charge in [0.15, 0.2) is 0 Å². The molecule has 0 rings (SSSR count). The van der Waals surface area contributed by atoms with Gasteiger partial charge in [0, 0.05) is 0 Å². The molecule has 0 fully saturated rings. The molecular weight excluding hydrogens is 196 g/mol. The average molecular weight is 200 g/mol. The molecule has 4 heavy (non-hydrogen) atoms. The first-order valence-electron chi connectivity index (χ1n) is 0.129. The molecule has 0 atom stereocenters. The predicted octanol–water partition coefficient (Wildman–Crippen LogP) is -1.95. The summed E-state index contributed by atoms with van der Waals surface area (Å²) in [6.45, 7) is 0. The van der Waals surface area contributed by atoms with Crippen LogP contribution in [0.3, 0.4) is 0 Å². The molecule has 0 aromatic heterocycles. The van der Waals surface area contributed by atoms with Crippen molar-refractivity contribution in [1.29, 1.82) is 0 Å². The van der Waals surface area contributed by atoms with E-state index in [1.807, 2.05) is 0 Å². The molecule has 0 aromatic rings. The van der Waals surface area contributed by atoms with Gasteiger partial charge in [-0.2, -0.15) is 0 Å². The van der Waals surface area contributed by atoms with E-state index in [0.717, 1.165) is 0 Å². The maximum absolute atomic E-state index is 7.88. The van der Waals surface area contributed by atoms with Gasteiger partial charge >= 0.3 is 64.0 Å². The Kier molecular flexibility index (Phi) is 93.0. The minimum absolute atomic E-state index is 0. The third kappa shape index (κ3) is 9.25. The van der Waals surface area contributed by atoms with Gasteiger partial charge in [0.2, 0.25) is 0 Å². The first kappa shape index (κ1) is 17.1. The van der Waals surface area contributed by atoms with Gasteiger partial charge in [-0.1, -0.05) is 0 Å². The van der Waals surface area contributed by atoms with Crippen molar-refractivity contribution in [2.24, 2.45) is 0 Å². The van der Waals surface area contributed by atoms with Crippen LogP contribution in [0.25, 0.3) is 0 Å². The first-order chi connectivity index (χ1) is 1.00. The van der Waals surface area contributed by atoms with Crippen LogP contribution in [0.2, 0.25) is 0 Å². The fraction of sp³-hybridized carbons (Fsp3) is 0. The zero-order valence-electron chi connectivity index (χ0n) is 0.724. The molecule has 0 bridgehead atoms. The van der Waals surface area contributed by atoms with Crippen molar-refractivity contribution in [2.45, 2.75) is 0 Å². The fourth-order valence-electron chi connectivity index (χ4n) is 0.